The lowest BCUT2D eigenvalue weighted by Crippen LogP contribution is -2.39. The van der Waals surface area contributed by atoms with E-state index in [0.29, 0.717) is 12.8 Å². The molecule has 0 radical (unpaired) electrons. The molecule has 2 unspecified atom stereocenters. The van der Waals surface area contributed by atoms with Crippen LogP contribution in [0.25, 0.3) is 0 Å². The highest BCUT2D eigenvalue weighted by molar-refractivity contribution is 5.86. The zero-order valence-corrected chi connectivity index (χ0v) is 11.1. The van der Waals surface area contributed by atoms with Gasteiger partial charge in [0, 0.05) is 0 Å². The predicted molar refractivity (Wildman–Crippen MR) is 71.4 cm³/mol. The Balaban J connectivity index is 2.66. The molecule has 0 aromatic rings. The van der Waals surface area contributed by atoms with E-state index in [1.165, 1.54) is 11.1 Å². The maximum absolute atomic E-state index is 11.4. The zero-order chi connectivity index (χ0) is 13.7. The lowest BCUT2D eigenvalue weighted by atomic mass is 9.77. The van der Waals surface area contributed by atoms with Gasteiger partial charge in [-0.15, -0.1) is 0 Å². The minimum Gasteiger partial charge on any atom is -0.369 e. The van der Waals surface area contributed by atoms with E-state index in [0.717, 1.165) is 12.8 Å². The van der Waals surface area contributed by atoms with Crippen molar-refractivity contribution in [2.45, 2.75) is 39.5 Å². The number of hydrogen-bond donors (Lipinski definition) is 2. The lowest BCUT2D eigenvalue weighted by Gasteiger charge is -2.26. The Morgan fingerprint density at radius 3 is 2.39 bits per heavy atom. The third-order valence-electron chi connectivity index (χ3n) is 3.38. The summed E-state index contributed by atoms with van der Waals surface area (Å²) in [6.07, 6.45) is 7.18. The Morgan fingerprint density at radius 2 is 1.89 bits per heavy atom. The van der Waals surface area contributed by atoms with Crippen LogP contribution in [0.3, 0.4) is 0 Å². The first kappa shape index (κ1) is 14.5. The standard InChI is InChI=1S/C14H22N2O2/c1-9(2)4-3-5-10-6-7-11(13(15)17)12(8-10)14(16)18/h4,6,11-12H,3,5,7-8H2,1-2H3,(H2,15,17)(H2,16,18). The first-order valence-electron chi connectivity index (χ1n) is 6.31. The van der Waals surface area contributed by atoms with E-state index in [9.17, 15) is 9.59 Å². The fourth-order valence-electron chi connectivity index (χ4n) is 2.33. The largest absolute Gasteiger partial charge is 0.369 e. The van der Waals surface area contributed by atoms with Crippen LogP contribution in [-0.2, 0) is 9.59 Å². The van der Waals surface area contributed by atoms with Gasteiger partial charge in [-0.25, -0.2) is 0 Å². The molecule has 0 saturated heterocycles. The van der Waals surface area contributed by atoms with Crippen LogP contribution in [0.4, 0.5) is 0 Å². The van der Waals surface area contributed by atoms with E-state index in [1.54, 1.807) is 0 Å². The number of carbonyl (C=O) groups is 2. The van der Waals surface area contributed by atoms with Crippen molar-refractivity contribution in [3.05, 3.63) is 23.3 Å². The van der Waals surface area contributed by atoms with Crippen molar-refractivity contribution in [1.82, 2.24) is 0 Å². The van der Waals surface area contributed by atoms with Crippen molar-refractivity contribution in [2.75, 3.05) is 0 Å². The van der Waals surface area contributed by atoms with Crippen molar-refractivity contribution in [2.24, 2.45) is 23.3 Å². The molecule has 0 bridgehead atoms. The number of amides is 2. The molecule has 4 heteroatoms. The summed E-state index contributed by atoms with van der Waals surface area (Å²) in [6.45, 7) is 4.12. The van der Waals surface area contributed by atoms with Gasteiger partial charge in [-0.1, -0.05) is 23.3 Å². The third kappa shape index (κ3) is 4.02. The number of carbonyl (C=O) groups excluding carboxylic acids is 2. The fraction of sp³-hybridized carbons (Fsp3) is 0.571. The maximum atomic E-state index is 11.4. The van der Waals surface area contributed by atoms with Gasteiger partial charge in [-0.2, -0.15) is 0 Å². The molecule has 0 heterocycles. The fourth-order valence-corrected chi connectivity index (χ4v) is 2.33. The van der Waals surface area contributed by atoms with E-state index in [-0.39, 0.29) is 0 Å². The topological polar surface area (TPSA) is 86.2 Å². The van der Waals surface area contributed by atoms with Gasteiger partial charge in [0.05, 0.1) is 11.8 Å². The molecule has 2 atom stereocenters. The van der Waals surface area contributed by atoms with Gasteiger partial charge in [0.1, 0.15) is 0 Å². The molecular weight excluding hydrogens is 228 g/mol. The van der Waals surface area contributed by atoms with Crippen molar-refractivity contribution in [3.63, 3.8) is 0 Å². The molecule has 0 aromatic carbocycles. The zero-order valence-electron chi connectivity index (χ0n) is 11.1. The van der Waals surface area contributed by atoms with Crippen LogP contribution in [0.1, 0.15) is 39.5 Å². The van der Waals surface area contributed by atoms with Gasteiger partial charge in [-0.3, -0.25) is 9.59 Å². The van der Waals surface area contributed by atoms with E-state index in [1.807, 2.05) is 6.08 Å². The molecule has 0 spiro atoms. The first-order valence-corrected chi connectivity index (χ1v) is 6.31. The molecular formula is C14H22N2O2. The number of hydrogen-bond acceptors (Lipinski definition) is 2. The highest BCUT2D eigenvalue weighted by Gasteiger charge is 2.33. The summed E-state index contributed by atoms with van der Waals surface area (Å²) in [5.41, 5.74) is 13.1. The molecule has 0 saturated carbocycles. The molecule has 4 N–H and O–H groups in total. The average Bonchev–Trinajstić information content (AvgIpc) is 2.28. The Labute approximate surface area is 108 Å². The molecule has 0 fully saturated rings. The Morgan fingerprint density at radius 1 is 1.28 bits per heavy atom. The second-order valence-corrected chi connectivity index (χ2v) is 5.14. The lowest BCUT2D eigenvalue weighted by molar-refractivity contribution is -0.131. The number of rotatable bonds is 5. The summed E-state index contributed by atoms with van der Waals surface area (Å²) in [7, 11) is 0. The van der Waals surface area contributed by atoms with Crippen LogP contribution >= 0.6 is 0 Å². The van der Waals surface area contributed by atoms with Crippen LogP contribution in [0.15, 0.2) is 23.3 Å². The average molecular weight is 250 g/mol. The maximum Gasteiger partial charge on any atom is 0.221 e. The van der Waals surface area contributed by atoms with E-state index in [2.05, 4.69) is 19.9 Å². The molecule has 1 aliphatic carbocycles. The minimum atomic E-state index is -0.436. The van der Waals surface area contributed by atoms with Gasteiger partial charge in [0.2, 0.25) is 11.8 Å². The van der Waals surface area contributed by atoms with Gasteiger partial charge in [0.15, 0.2) is 0 Å². The summed E-state index contributed by atoms with van der Waals surface area (Å²) in [5.74, 6) is -1.73. The van der Waals surface area contributed by atoms with E-state index < -0.39 is 23.7 Å². The second-order valence-electron chi connectivity index (χ2n) is 5.14. The molecule has 100 valence electrons. The van der Waals surface area contributed by atoms with Gasteiger partial charge in [0.25, 0.3) is 0 Å². The predicted octanol–water partition coefficient (Wildman–Crippen LogP) is 1.66. The summed E-state index contributed by atoms with van der Waals surface area (Å²) < 4.78 is 0. The molecule has 1 aliphatic rings. The van der Waals surface area contributed by atoms with Gasteiger partial charge in [-0.05, 0) is 39.5 Å². The van der Waals surface area contributed by atoms with Crippen LogP contribution in [-0.4, -0.2) is 11.8 Å². The summed E-state index contributed by atoms with van der Waals surface area (Å²) in [6, 6.07) is 0. The quantitative estimate of drug-likeness (QED) is 0.727. The molecule has 2 amide bonds. The molecule has 18 heavy (non-hydrogen) atoms. The molecule has 0 aliphatic heterocycles. The normalized spacial score (nSPS) is 23.1. The molecule has 4 nitrogen and oxygen atoms in total. The second kappa shape index (κ2) is 6.38. The monoisotopic (exact) mass is 250 g/mol. The minimum absolute atomic E-state index is 0.424. The SMILES string of the molecule is CC(C)=CCCC1=CCC(C(N)=O)C(C(N)=O)C1. The number of nitrogens with two attached hydrogens (primary N) is 2. The van der Waals surface area contributed by atoms with E-state index in [4.69, 9.17) is 11.5 Å². The number of allylic oxidation sites excluding steroid dienone is 4. The van der Waals surface area contributed by atoms with Crippen molar-refractivity contribution >= 4 is 11.8 Å². The molecule has 1 rings (SSSR count). The van der Waals surface area contributed by atoms with Crippen molar-refractivity contribution in [1.29, 1.82) is 0 Å². The van der Waals surface area contributed by atoms with Crippen molar-refractivity contribution in [3.8, 4) is 0 Å². The Kier molecular flexibility index (Phi) is 5.13. The summed E-state index contributed by atoms with van der Waals surface area (Å²) >= 11 is 0. The highest BCUT2D eigenvalue weighted by Crippen LogP contribution is 2.31. The highest BCUT2D eigenvalue weighted by atomic mass is 16.2. The number of primary amides is 2. The van der Waals surface area contributed by atoms with E-state index >= 15 is 0 Å². The van der Waals surface area contributed by atoms with Crippen molar-refractivity contribution < 1.29 is 9.59 Å². The van der Waals surface area contributed by atoms with Gasteiger partial charge >= 0.3 is 0 Å². The Hall–Kier alpha value is -1.58. The first-order chi connectivity index (χ1) is 8.41. The Bertz CT molecular complexity index is 393. The van der Waals surface area contributed by atoms with Crippen LogP contribution < -0.4 is 11.5 Å². The smallest absolute Gasteiger partial charge is 0.221 e. The van der Waals surface area contributed by atoms with Crippen LogP contribution in [0, 0.1) is 11.8 Å². The van der Waals surface area contributed by atoms with Crippen LogP contribution in [0.5, 0.6) is 0 Å². The summed E-state index contributed by atoms with van der Waals surface area (Å²) in [5, 5.41) is 0. The van der Waals surface area contributed by atoms with Gasteiger partial charge < -0.3 is 11.5 Å². The summed E-state index contributed by atoms with van der Waals surface area (Å²) in [4.78, 5) is 22.6. The van der Waals surface area contributed by atoms with Crippen LogP contribution in [0.2, 0.25) is 0 Å². The third-order valence-corrected chi connectivity index (χ3v) is 3.38. The molecule has 0 aromatic heterocycles.